The number of piperidine rings is 1. The van der Waals surface area contributed by atoms with E-state index in [1.807, 2.05) is 24.8 Å². The van der Waals surface area contributed by atoms with Crippen LogP contribution in [0.2, 0.25) is 5.02 Å². The van der Waals surface area contributed by atoms with Gasteiger partial charge in [-0.3, -0.25) is 14.3 Å². The van der Waals surface area contributed by atoms with E-state index in [0.717, 1.165) is 5.69 Å². The van der Waals surface area contributed by atoms with E-state index < -0.39 is 35.5 Å². The van der Waals surface area contributed by atoms with Crippen molar-refractivity contribution >= 4 is 35.3 Å². The van der Waals surface area contributed by atoms with Gasteiger partial charge in [0.15, 0.2) is 5.75 Å². The predicted molar refractivity (Wildman–Crippen MR) is 150 cm³/mol. The smallest absolute Gasteiger partial charge is 0.409 e. The topological polar surface area (TPSA) is 126 Å². The summed E-state index contributed by atoms with van der Waals surface area (Å²) in [5, 5.41) is 17.6. The van der Waals surface area contributed by atoms with Crippen LogP contribution in [0.3, 0.4) is 0 Å². The van der Waals surface area contributed by atoms with Gasteiger partial charge in [-0.1, -0.05) is 25.4 Å². The van der Waals surface area contributed by atoms with Crippen LogP contribution in [-0.2, 0) is 19.9 Å². The van der Waals surface area contributed by atoms with E-state index in [4.69, 9.17) is 16.3 Å². The zero-order valence-corrected chi connectivity index (χ0v) is 24.6. The summed E-state index contributed by atoms with van der Waals surface area (Å²) in [6.07, 6.45) is 1.91. The highest BCUT2D eigenvalue weighted by Crippen LogP contribution is 2.39. The molecule has 2 amide bonds. The van der Waals surface area contributed by atoms with Crippen LogP contribution in [-0.4, -0.2) is 88.6 Å². The minimum absolute atomic E-state index is 0.0312. The van der Waals surface area contributed by atoms with Gasteiger partial charge in [0.2, 0.25) is 0 Å². The number of carboxylic acids is 1. The number of hydrogen-bond acceptors (Lipinski definition) is 7. The molecule has 2 saturated heterocycles. The monoisotopic (exact) mass is 611 g/mol. The molecule has 2 aliphatic heterocycles. The number of likely N-dealkylation sites (tertiary alicyclic amines) is 2. The molecule has 0 bridgehead atoms. The lowest BCUT2D eigenvalue weighted by molar-refractivity contribution is -0.150. The number of carbonyl (C=O) groups is 3. The Labute approximate surface area is 247 Å². The summed E-state index contributed by atoms with van der Waals surface area (Å²) in [7, 11) is 0. The number of benzene rings is 1. The molecule has 2 aromatic rings. The lowest BCUT2D eigenvalue weighted by Gasteiger charge is -2.43. The second-order valence-electron chi connectivity index (χ2n) is 11.1. The molecule has 3 heterocycles. The number of nitrogens with one attached hydrogen (secondary N) is 1. The average Bonchev–Trinajstić information content (AvgIpc) is 3.60. The minimum atomic E-state index is -3.12. The van der Waals surface area contributed by atoms with Crippen LogP contribution < -0.4 is 10.1 Å². The van der Waals surface area contributed by atoms with E-state index >= 15 is 0 Å². The van der Waals surface area contributed by atoms with Crippen molar-refractivity contribution in [1.82, 2.24) is 19.6 Å². The van der Waals surface area contributed by atoms with Gasteiger partial charge in [-0.2, -0.15) is 13.9 Å². The van der Waals surface area contributed by atoms with Crippen molar-refractivity contribution in [3.05, 3.63) is 41.2 Å². The number of aromatic nitrogens is 2. The van der Waals surface area contributed by atoms with Crippen LogP contribution in [0.25, 0.3) is 0 Å². The molecule has 2 fully saturated rings. The number of nitrogens with zero attached hydrogens (tertiary/aromatic N) is 4. The molecule has 0 unspecified atom stereocenters. The van der Waals surface area contributed by atoms with E-state index in [9.17, 15) is 28.3 Å². The molecule has 2 aliphatic rings. The van der Waals surface area contributed by atoms with Crippen LogP contribution in [0.1, 0.15) is 51.6 Å². The van der Waals surface area contributed by atoms with E-state index in [-0.39, 0.29) is 67.9 Å². The molecule has 4 rings (SSSR count). The fraction of sp³-hybridized carbons (Fsp3) is 0.571. The standard InChI is InChI=1S/C28H36ClF2N5O6/c1-4-41-26(40)35-14-8-27(17-35,24(38)39)16-34-12-9-28(10-13-34,36-21(18(2)3)7-11-32-36)23(37)33-20-6-5-19(29)15-22(20)42-25(30)31/h5-7,11,15,18,25H,4,8-10,12-14,16-17H2,1-3H3,(H,33,37)(H,38,39)/t27-/m0/s1. The van der Waals surface area contributed by atoms with Crippen molar-refractivity contribution < 1.29 is 37.7 Å². The molecule has 0 saturated carbocycles. The van der Waals surface area contributed by atoms with Gasteiger partial charge in [-0.05, 0) is 50.3 Å². The maximum atomic E-state index is 14.1. The summed E-state index contributed by atoms with van der Waals surface area (Å²) < 4.78 is 37.6. The number of carboxylic acid groups (broad SMARTS) is 1. The average molecular weight is 612 g/mol. The fourth-order valence-electron chi connectivity index (χ4n) is 5.80. The zero-order valence-electron chi connectivity index (χ0n) is 23.8. The first-order valence-corrected chi connectivity index (χ1v) is 14.3. The normalized spacial score (nSPS) is 20.6. The van der Waals surface area contributed by atoms with Gasteiger partial charge in [0.05, 0.1) is 17.7 Å². The highest BCUT2D eigenvalue weighted by molar-refractivity contribution is 6.30. The Bertz CT molecular complexity index is 1300. The van der Waals surface area contributed by atoms with Gasteiger partial charge < -0.3 is 29.7 Å². The van der Waals surface area contributed by atoms with Gasteiger partial charge >= 0.3 is 18.7 Å². The Balaban J connectivity index is 1.58. The molecule has 42 heavy (non-hydrogen) atoms. The molecule has 1 atom stereocenters. The number of carbonyl (C=O) groups excluding carboxylic acids is 2. The molecule has 0 spiro atoms. The third-order valence-electron chi connectivity index (χ3n) is 8.04. The number of halogens is 3. The Morgan fingerprint density at radius 1 is 1.14 bits per heavy atom. The summed E-state index contributed by atoms with van der Waals surface area (Å²) in [5.41, 5.74) is -1.50. The lowest BCUT2D eigenvalue weighted by atomic mass is 9.82. The number of alkyl halides is 2. The summed E-state index contributed by atoms with van der Waals surface area (Å²) in [4.78, 5) is 42.2. The van der Waals surface area contributed by atoms with E-state index in [2.05, 4.69) is 15.2 Å². The van der Waals surface area contributed by atoms with Crippen LogP contribution in [0, 0.1) is 5.41 Å². The van der Waals surface area contributed by atoms with Crippen molar-refractivity contribution in [2.24, 2.45) is 5.41 Å². The largest absolute Gasteiger partial charge is 0.481 e. The molecular formula is C28H36ClF2N5O6. The van der Waals surface area contributed by atoms with E-state index in [1.165, 1.54) is 23.1 Å². The van der Waals surface area contributed by atoms with Crippen LogP contribution in [0.15, 0.2) is 30.5 Å². The van der Waals surface area contributed by atoms with Crippen molar-refractivity contribution in [3.8, 4) is 5.75 Å². The number of rotatable bonds is 10. The van der Waals surface area contributed by atoms with Crippen molar-refractivity contribution in [3.63, 3.8) is 0 Å². The van der Waals surface area contributed by atoms with Gasteiger partial charge in [0, 0.05) is 55.7 Å². The number of ether oxygens (including phenoxy) is 2. The third kappa shape index (κ3) is 6.46. The molecule has 230 valence electrons. The van der Waals surface area contributed by atoms with Gasteiger partial charge in [-0.15, -0.1) is 0 Å². The summed E-state index contributed by atoms with van der Waals surface area (Å²) >= 11 is 5.98. The van der Waals surface area contributed by atoms with Gasteiger partial charge in [-0.25, -0.2) is 4.79 Å². The number of amides is 2. The fourth-order valence-corrected chi connectivity index (χ4v) is 5.96. The Morgan fingerprint density at radius 2 is 1.86 bits per heavy atom. The highest BCUT2D eigenvalue weighted by Gasteiger charge is 2.51. The van der Waals surface area contributed by atoms with Crippen LogP contribution >= 0.6 is 11.6 Å². The van der Waals surface area contributed by atoms with E-state index in [1.54, 1.807) is 17.8 Å². The maximum absolute atomic E-state index is 14.1. The summed E-state index contributed by atoms with van der Waals surface area (Å²) in [5.74, 6) is -1.69. The maximum Gasteiger partial charge on any atom is 0.409 e. The molecular weight excluding hydrogens is 576 g/mol. The SMILES string of the molecule is CCOC(=O)N1CC[C@@](CN2CCC(C(=O)Nc3ccc(Cl)cc3OC(F)F)(n3nccc3C(C)C)CC2)(C(=O)O)C1. The molecule has 2 N–H and O–H groups in total. The summed E-state index contributed by atoms with van der Waals surface area (Å²) in [6.45, 7) is 3.95. The number of aliphatic carboxylic acids is 1. The number of hydrogen-bond donors (Lipinski definition) is 2. The molecule has 14 heteroatoms. The quantitative estimate of drug-likeness (QED) is 0.398. The lowest BCUT2D eigenvalue weighted by Crippen LogP contribution is -2.56. The Kier molecular flexibility index (Phi) is 9.61. The second-order valence-corrected chi connectivity index (χ2v) is 11.5. The summed E-state index contributed by atoms with van der Waals surface area (Å²) in [6, 6.07) is 5.91. The number of anilines is 1. The van der Waals surface area contributed by atoms with Gasteiger partial charge in [0.1, 0.15) is 5.54 Å². The Morgan fingerprint density at radius 3 is 2.48 bits per heavy atom. The molecule has 1 aromatic heterocycles. The first-order valence-electron chi connectivity index (χ1n) is 13.9. The third-order valence-corrected chi connectivity index (χ3v) is 8.28. The van der Waals surface area contributed by atoms with Crippen molar-refractivity contribution in [2.45, 2.75) is 58.1 Å². The van der Waals surface area contributed by atoms with Crippen LogP contribution in [0.4, 0.5) is 19.3 Å². The highest BCUT2D eigenvalue weighted by atomic mass is 35.5. The molecule has 11 nitrogen and oxygen atoms in total. The molecule has 0 aliphatic carbocycles. The second kappa shape index (κ2) is 12.8. The first kappa shape index (κ1) is 31.5. The predicted octanol–water partition coefficient (Wildman–Crippen LogP) is 4.62. The molecule has 1 aromatic carbocycles. The van der Waals surface area contributed by atoms with Crippen LogP contribution in [0.5, 0.6) is 5.75 Å². The van der Waals surface area contributed by atoms with Crippen molar-refractivity contribution in [1.29, 1.82) is 0 Å². The van der Waals surface area contributed by atoms with Crippen molar-refractivity contribution in [2.75, 3.05) is 44.6 Å². The van der Waals surface area contributed by atoms with E-state index in [0.29, 0.717) is 13.1 Å². The first-order chi connectivity index (χ1) is 19.9. The Hall–Kier alpha value is -3.45. The minimum Gasteiger partial charge on any atom is -0.481 e. The molecule has 0 radical (unpaired) electrons. The zero-order chi connectivity index (χ0) is 30.7. The van der Waals surface area contributed by atoms with Gasteiger partial charge in [0.25, 0.3) is 5.91 Å².